The number of carbonyl (C=O) groups is 1. The molecule has 1 unspecified atom stereocenters. The first-order valence-electron chi connectivity index (χ1n) is 10.1. The number of amides is 1. The smallest absolute Gasteiger partial charge is 0.238 e. The van der Waals surface area contributed by atoms with Crippen molar-refractivity contribution in [3.63, 3.8) is 0 Å². The van der Waals surface area contributed by atoms with Gasteiger partial charge >= 0.3 is 0 Å². The van der Waals surface area contributed by atoms with Crippen molar-refractivity contribution in [2.24, 2.45) is 0 Å². The van der Waals surface area contributed by atoms with E-state index in [1.54, 1.807) is 0 Å². The van der Waals surface area contributed by atoms with Gasteiger partial charge in [-0.05, 0) is 30.5 Å². The Labute approximate surface area is 165 Å². The van der Waals surface area contributed by atoms with Crippen LogP contribution in [0.3, 0.4) is 0 Å². The molecule has 28 heavy (non-hydrogen) atoms. The van der Waals surface area contributed by atoms with E-state index in [1.165, 1.54) is 11.3 Å². The zero-order chi connectivity index (χ0) is 19.0. The third-order valence-corrected chi connectivity index (χ3v) is 6.24. The molecule has 0 aliphatic carbocycles. The number of hydrogen-bond acceptors (Lipinski definition) is 5. The fourth-order valence-corrected chi connectivity index (χ4v) is 4.72. The Balaban J connectivity index is 1.23. The van der Waals surface area contributed by atoms with Crippen molar-refractivity contribution >= 4 is 11.6 Å². The zero-order valence-electron chi connectivity index (χ0n) is 16.0. The molecule has 1 atom stereocenters. The number of hydrogen-bond donors (Lipinski definition) is 0. The molecule has 5 rings (SSSR count). The van der Waals surface area contributed by atoms with E-state index in [0.717, 1.165) is 45.6 Å². The molecular weight excluding hydrogens is 352 g/mol. The van der Waals surface area contributed by atoms with Gasteiger partial charge in [0.2, 0.25) is 5.91 Å². The first kappa shape index (κ1) is 17.6. The van der Waals surface area contributed by atoms with Crippen LogP contribution in [-0.2, 0) is 16.1 Å². The number of rotatable bonds is 3. The van der Waals surface area contributed by atoms with Gasteiger partial charge < -0.3 is 14.5 Å². The van der Waals surface area contributed by atoms with Crippen molar-refractivity contribution < 1.29 is 9.53 Å². The molecule has 6 nitrogen and oxygen atoms in total. The minimum absolute atomic E-state index is 0.113. The average molecular weight is 378 g/mol. The Morgan fingerprint density at radius 2 is 1.82 bits per heavy atom. The standard InChI is InChI=1S/C22H26N4O2/c27-20-15-24(14-18-4-2-1-3-5-18)16-21-26(20)17-22(28-21)8-12-25(13-9-22)19-6-10-23-11-7-19/h1-7,10-11,21H,8-9,12-17H2. The molecule has 0 saturated carbocycles. The maximum atomic E-state index is 12.8. The second kappa shape index (κ2) is 7.18. The molecule has 2 aromatic rings. The van der Waals surface area contributed by atoms with Crippen LogP contribution < -0.4 is 4.90 Å². The van der Waals surface area contributed by atoms with Gasteiger partial charge in [-0.15, -0.1) is 0 Å². The summed E-state index contributed by atoms with van der Waals surface area (Å²) >= 11 is 0. The molecule has 1 amide bonds. The number of piperidine rings is 1. The fourth-order valence-electron chi connectivity index (χ4n) is 4.72. The molecule has 0 N–H and O–H groups in total. The van der Waals surface area contributed by atoms with Crippen LogP contribution in [0.5, 0.6) is 0 Å². The van der Waals surface area contributed by atoms with Crippen molar-refractivity contribution in [3.8, 4) is 0 Å². The average Bonchev–Trinajstić information content (AvgIpc) is 3.08. The van der Waals surface area contributed by atoms with Gasteiger partial charge in [-0.25, -0.2) is 0 Å². The summed E-state index contributed by atoms with van der Waals surface area (Å²) in [4.78, 5) is 23.5. The highest BCUT2D eigenvalue weighted by Crippen LogP contribution is 2.38. The lowest BCUT2D eigenvalue weighted by Gasteiger charge is -2.39. The number of nitrogens with zero attached hydrogens (tertiary/aromatic N) is 4. The van der Waals surface area contributed by atoms with Crippen LogP contribution in [0.25, 0.3) is 0 Å². The van der Waals surface area contributed by atoms with E-state index in [2.05, 4.69) is 39.0 Å². The quantitative estimate of drug-likeness (QED) is 0.819. The second-order valence-corrected chi connectivity index (χ2v) is 8.12. The number of aromatic nitrogens is 1. The molecular formula is C22H26N4O2. The Hall–Kier alpha value is -2.44. The molecule has 1 aromatic carbocycles. The number of ether oxygens (including phenoxy) is 1. The first-order valence-corrected chi connectivity index (χ1v) is 10.1. The van der Waals surface area contributed by atoms with Crippen molar-refractivity contribution in [2.45, 2.75) is 31.2 Å². The summed E-state index contributed by atoms with van der Waals surface area (Å²) in [5.41, 5.74) is 2.26. The van der Waals surface area contributed by atoms with Crippen LogP contribution >= 0.6 is 0 Å². The summed E-state index contributed by atoms with van der Waals surface area (Å²) in [5, 5.41) is 0. The van der Waals surface area contributed by atoms with Crippen LogP contribution in [0.1, 0.15) is 18.4 Å². The van der Waals surface area contributed by atoms with Gasteiger partial charge in [0.1, 0.15) is 6.23 Å². The molecule has 3 aliphatic heterocycles. The number of piperazine rings is 1. The lowest BCUT2D eigenvalue weighted by Crippen LogP contribution is -2.53. The fraction of sp³-hybridized carbons (Fsp3) is 0.455. The molecule has 1 spiro atoms. The summed E-state index contributed by atoms with van der Waals surface area (Å²) < 4.78 is 6.54. The van der Waals surface area contributed by atoms with E-state index in [9.17, 15) is 4.79 Å². The van der Waals surface area contributed by atoms with E-state index in [1.807, 2.05) is 35.5 Å². The normalized spacial score (nSPS) is 24.6. The molecule has 3 aliphatic rings. The molecule has 146 valence electrons. The van der Waals surface area contributed by atoms with Crippen LogP contribution in [0.15, 0.2) is 54.9 Å². The number of anilines is 1. The maximum absolute atomic E-state index is 12.8. The molecule has 6 heteroatoms. The van der Waals surface area contributed by atoms with Crippen LogP contribution in [0, 0.1) is 0 Å². The topological polar surface area (TPSA) is 48.9 Å². The van der Waals surface area contributed by atoms with Gasteiger partial charge in [-0.3, -0.25) is 14.7 Å². The van der Waals surface area contributed by atoms with Crippen LogP contribution in [0.4, 0.5) is 5.69 Å². The van der Waals surface area contributed by atoms with E-state index in [4.69, 9.17) is 4.74 Å². The molecule has 3 saturated heterocycles. The highest BCUT2D eigenvalue weighted by molar-refractivity contribution is 5.79. The minimum atomic E-state index is -0.188. The molecule has 0 radical (unpaired) electrons. The highest BCUT2D eigenvalue weighted by Gasteiger charge is 2.50. The third kappa shape index (κ3) is 3.38. The van der Waals surface area contributed by atoms with Gasteiger partial charge in [0.05, 0.1) is 18.7 Å². The Morgan fingerprint density at radius 1 is 1.07 bits per heavy atom. The Kier molecular flexibility index (Phi) is 4.53. The second-order valence-electron chi connectivity index (χ2n) is 8.12. The molecule has 4 heterocycles. The van der Waals surface area contributed by atoms with Crippen molar-refractivity contribution in [2.75, 3.05) is 37.6 Å². The SMILES string of the molecule is O=C1CN(Cc2ccccc2)CC2OC3(CCN(c4ccncc4)CC3)CN12. The molecule has 1 aromatic heterocycles. The summed E-state index contributed by atoms with van der Waals surface area (Å²) in [5.74, 6) is 0.195. The number of fused-ring (bicyclic) bond motifs is 1. The first-order chi connectivity index (χ1) is 13.7. The zero-order valence-corrected chi connectivity index (χ0v) is 16.0. The van der Waals surface area contributed by atoms with Crippen LogP contribution in [0.2, 0.25) is 0 Å². The predicted octanol–water partition coefficient (Wildman–Crippen LogP) is 2.12. The van der Waals surface area contributed by atoms with Crippen LogP contribution in [-0.4, -0.2) is 65.2 Å². The lowest BCUT2D eigenvalue weighted by atomic mass is 9.91. The summed E-state index contributed by atoms with van der Waals surface area (Å²) in [6.07, 6.45) is 5.47. The largest absolute Gasteiger partial charge is 0.371 e. The highest BCUT2D eigenvalue weighted by atomic mass is 16.5. The van der Waals surface area contributed by atoms with Crippen molar-refractivity contribution in [1.29, 1.82) is 0 Å². The number of carbonyl (C=O) groups excluding carboxylic acids is 1. The van der Waals surface area contributed by atoms with Gasteiger partial charge in [0.15, 0.2) is 0 Å². The van der Waals surface area contributed by atoms with E-state index >= 15 is 0 Å². The summed E-state index contributed by atoms with van der Waals surface area (Å²) in [7, 11) is 0. The minimum Gasteiger partial charge on any atom is -0.371 e. The maximum Gasteiger partial charge on any atom is 0.238 e. The third-order valence-electron chi connectivity index (χ3n) is 6.24. The molecule has 0 bridgehead atoms. The predicted molar refractivity (Wildman–Crippen MR) is 107 cm³/mol. The Bertz CT molecular complexity index is 821. The summed E-state index contributed by atoms with van der Waals surface area (Å²) in [6.45, 7) is 4.70. The van der Waals surface area contributed by atoms with Gasteiger partial charge in [-0.1, -0.05) is 30.3 Å². The van der Waals surface area contributed by atoms with E-state index in [0.29, 0.717) is 6.54 Å². The Morgan fingerprint density at radius 3 is 2.57 bits per heavy atom. The van der Waals surface area contributed by atoms with Gasteiger partial charge in [0.25, 0.3) is 0 Å². The van der Waals surface area contributed by atoms with Gasteiger partial charge in [-0.2, -0.15) is 0 Å². The van der Waals surface area contributed by atoms with E-state index in [-0.39, 0.29) is 17.7 Å². The molecule has 3 fully saturated rings. The number of pyridine rings is 1. The van der Waals surface area contributed by atoms with Crippen molar-refractivity contribution in [3.05, 3.63) is 60.4 Å². The lowest BCUT2D eigenvalue weighted by molar-refractivity contribution is -0.149. The summed E-state index contributed by atoms with van der Waals surface area (Å²) in [6, 6.07) is 14.5. The number of benzene rings is 1. The van der Waals surface area contributed by atoms with Crippen molar-refractivity contribution in [1.82, 2.24) is 14.8 Å². The van der Waals surface area contributed by atoms with Gasteiger partial charge in [0, 0.05) is 44.3 Å². The van der Waals surface area contributed by atoms with E-state index < -0.39 is 0 Å². The monoisotopic (exact) mass is 378 g/mol.